The fourth-order valence-corrected chi connectivity index (χ4v) is 4.22. The SMILES string of the molecule is Cc1c(Br)ccc(NC(=O)CSc2nnc(CNC(=O)/C=C/c3ccccc3Cl)n2C)c1C. The molecule has 172 valence electrons. The van der Waals surface area contributed by atoms with Crippen LogP contribution in [0.3, 0.4) is 0 Å². The molecule has 0 bridgehead atoms. The summed E-state index contributed by atoms with van der Waals surface area (Å²) in [6.45, 7) is 4.17. The van der Waals surface area contributed by atoms with Crippen molar-refractivity contribution >= 4 is 62.9 Å². The number of amides is 2. The molecule has 3 rings (SSSR count). The second-order valence-corrected chi connectivity index (χ2v) is 9.42. The van der Waals surface area contributed by atoms with Crippen molar-refractivity contribution in [3.8, 4) is 0 Å². The Morgan fingerprint density at radius 1 is 1.15 bits per heavy atom. The van der Waals surface area contributed by atoms with Gasteiger partial charge in [-0.3, -0.25) is 9.59 Å². The molecule has 33 heavy (non-hydrogen) atoms. The summed E-state index contributed by atoms with van der Waals surface area (Å²) in [4.78, 5) is 24.5. The summed E-state index contributed by atoms with van der Waals surface area (Å²) in [6.07, 6.45) is 3.08. The van der Waals surface area contributed by atoms with Gasteiger partial charge in [-0.25, -0.2) is 0 Å². The lowest BCUT2D eigenvalue weighted by Gasteiger charge is -2.11. The summed E-state index contributed by atoms with van der Waals surface area (Å²) >= 11 is 10.9. The van der Waals surface area contributed by atoms with Crippen LogP contribution in [0.25, 0.3) is 6.08 Å². The van der Waals surface area contributed by atoms with Crippen molar-refractivity contribution in [2.24, 2.45) is 7.05 Å². The van der Waals surface area contributed by atoms with Gasteiger partial charge in [-0.15, -0.1) is 10.2 Å². The van der Waals surface area contributed by atoms with E-state index in [0.29, 0.717) is 16.0 Å². The zero-order valence-electron chi connectivity index (χ0n) is 18.4. The van der Waals surface area contributed by atoms with Gasteiger partial charge < -0.3 is 15.2 Å². The number of rotatable bonds is 8. The molecule has 0 saturated heterocycles. The Hall–Kier alpha value is -2.62. The zero-order chi connectivity index (χ0) is 24.0. The fourth-order valence-electron chi connectivity index (χ4n) is 2.86. The Labute approximate surface area is 210 Å². The summed E-state index contributed by atoms with van der Waals surface area (Å²) in [5.74, 6) is 0.365. The monoisotopic (exact) mass is 547 g/mol. The quantitative estimate of drug-likeness (QED) is 0.308. The number of nitrogens with zero attached hydrogens (tertiary/aromatic N) is 3. The van der Waals surface area contributed by atoms with Gasteiger partial charge in [0.2, 0.25) is 11.8 Å². The number of nitrogens with one attached hydrogen (secondary N) is 2. The standard InChI is InChI=1S/C23H23BrClN5O2S/c1-14-15(2)19(10-9-17(14)24)27-22(32)13-33-23-29-28-20(30(23)3)12-26-21(31)11-8-16-6-4-5-7-18(16)25/h4-11H,12-13H2,1-3H3,(H,26,31)(H,27,32)/b11-8+. The number of halogens is 2. The molecule has 0 unspecified atom stereocenters. The third kappa shape index (κ3) is 6.69. The van der Waals surface area contributed by atoms with E-state index in [9.17, 15) is 9.59 Å². The third-order valence-corrected chi connectivity index (χ3v) is 7.22. The largest absolute Gasteiger partial charge is 0.345 e. The van der Waals surface area contributed by atoms with Crippen molar-refractivity contribution in [3.63, 3.8) is 0 Å². The third-order valence-electron chi connectivity index (χ3n) is 4.99. The van der Waals surface area contributed by atoms with Crippen LogP contribution in [0, 0.1) is 13.8 Å². The van der Waals surface area contributed by atoms with Crippen molar-refractivity contribution in [2.45, 2.75) is 25.5 Å². The number of thioether (sulfide) groups is 1. The highest BCUT2D eigenvalue weighted by Gasteiger charge is 2.13. The van der Waals surface area contributed by atoms with E-state index < -0.39 is 0 Å². The number of carbonyl (C=O) groups is 2. The predicted octanol–water partition coefficient (Wildman–Crippen LogP) is 4.91. The highest BCUT2D eigenvalue weighted by Crippen LogP contribution is 2.26. The van der Waals surface area contributed by atoms with Crippen LogP contribution in [0.4, 0.5) is 5.69 Å². The van der Waals surface area contributed by atoms with E-state index >= 15 is 0 Å². The van der Waals surface area contributed by atoms with E-state index in [1.165, 1.54) is 17.8 Å². The Morgan fingerprint density at radius 3 is 2.67 bits per heavy atom. The lowest BCUT2D eigenvalue weighted by molar-refractivity contribution is -0.116. The van der Waals surface area contributed by atoms with Crippen molar-refractivity contribution in [2.75, 3.05) is 11.1 Å². The molecule has 0 fully saturated rings. The van der Waals surface area contributed by atoms with Crippen LogP contribution < -0.4 is 10.6 Å². The van der Waals surface area contributed by atoms with Gasteiger partial charge in [0, 0.05) is 28.3 Å². The minimum Gasteiger partial charge on any atom is -0.345 e. The van der Waals surface area contributed by atoms with E-state index in [1.54, 1.807) is 23.8 Å². The van der Waals surface area contributed by atoms with Crippen LogP contribution >= 0.6 is 39.3 Å². The zero-order valence-corrected chi connectivity index (χ0v) is 21.5. The predicted molar refractivity (Wildman–Crippen MR) is 136 cm³/mol. The minimum absolute atomic E-state index is 0.132. The molecule has 1 aromatic heterocycles. The summed E-state index contributed by atoms with van der Waals surface area (Å²) < 4.78 is 2.76. The Kier molecular flexibility index (Phi) is 8.71. The molecule has 0 aliphatic carbocycles. The number of hydrogen-bond acceptors (Lipinski definition) is 5. The maximum Gasteiger partial charge on any atom is 0.244 e. The van der Waals surface area contributed by atoms with Gasteiger partial charge in [-0.2, -0.15) is 0 Å². The van der Waals surface area contributed by atoms with Crippen LogP contribution in [0.2, 0.25) is 5.02 Å². The van der Waals surface area contributed by atoms with Gasteiger partial charge in [0.15, 0.2) is 11.0 Å². The number of carbonyl (C=O) groups excluding carboxylic acids is 2. The Bertz CT molecular complexity index is 1210. The van der Waals surface area contributed by atoms with E-state index in [-0.39, 0.29) is 24.1 Å². The van der Waals surface area contributed by atoms with Gasteiger partial charge in [-0.05, 0) is 54.8 Å². The fraction of sp³-hybridized carbons (Fsp3) is 0.217. The molecular formula is C23H23BrClN5O2S. The van der Waals surface area contributed by atoms with Gasteiger partial charge in [0.1, 0.15) is 0 Å². The molecule has 0 atom stereocenters. The molecule has 2 N–H and O–H groups in total. The van der Waals surface area contributed by atoms with Gasteiger partial charge in [0.25, 0.3) is 0 Å². The first-order chi connectivity index (χ1) is 15.8. The molecule has 0 spiro atoms. The van der Waals surface area contributed by atoms with Gasteiger partial charge in [0.05, 0.1) is 12.3 Å². The molecule has 0 aliphatic rings. The Balaban J connectivity index is 1.51. The molecule has 1 heterocycles. The van der Waals surface area contributed by atoms with E-state index in [2.05, 4.69) is 36.8 Å². The van der Waals surface area contributed by atoms with E-state index in [4.69, 9.17) is 11.6 Å². The highest BCUT2D eigenvalue weighted by molar-refractivity contribution is 9.10. The van der Waals surface area contributed by atoms with Crippen LogP contribution in [0.5, 0.6) is 0 Å². The maximum atomic E-state index is 12.4. The maximum absolute atomic E-state index is 12.4. The number of anilines is 1. The number of benzene rings is 2. The van der Waals surface area contributed by atoms with E-state index in [1.807, 2.05) is 44.2 Å². The number of aromatic nitrogens is 3. The second-order valence-electron chi connectivity index (χ2n) is 7.21. The summed E-state index contributed by atoms with van der Waals surface area (Å²) in [6, 6.07) is 11.1. The van der Waals surface area contributed by atoms with Crippen molar-refractivity contribution in [1.82, 2.24) is 20.1 Å². The molecule has 2 aromatic carbocycles. The normalized spacial score (nSPS) is 11.1. The van der Waals surface area contributed by atoms with Crippen molar-refractivity contribution in [3.05, 3.63) is 74.5 Å². The van der Waals surface area contributed by atoms with Crippen LogP contribution in [0.1, 0.15) is 22.5 Å². The Morgan fingerprint density at radius 2 is 1.91 bits per heavy atom. The average molecular weight is 549 g/mol. The molecule has 3 aromatic rings. The first-order valence-electron chi connectivity index (χ1n) is 10.0. The average Bonchev–Trinajstić information content (AvgIpc) is 3.15. The van der Waals surface area contributed by atoms with Crippen LogP contribution in [-0.2, 0) is 23.2 Å². The summed E-state index contributed by atoms with van der Waals surface area (Å²) in [7, 11) is 1.80. The lowest BCUT2D eigenvalue weighted by atomic mass is 10.1. The minimum atomic E-state index is -0.272. The molecule has 0 radical (unpaired) electrons. The summed E-state index contributed by atoms with van der Waals surface area (Å²) in [5.41, 5.74) is 3.65. The van der Waals surface area contributed by atoms with Gasteiger partial charge >= 0.3 is 0 Å². The van der Waals surface area contributed by atoms with E-state index in [0.717, 1.165) is 26.9 Å². The summed E-state index contributed by atoms with van der Waals surface area (Å²) in [5, 5.41) is 15.1. The van der Waals surface area contributed by atoms with Crippen LogP contribution in [-0.4, -0.2) is 32.3 Å². The van der Waals surface area contributed by atoms with Crippen molar-refractivity contribution < 1.29 is 9.59 Å². The molecule has 0 aliphatic heterocycles. The lowest BCUT2D eigenvalue weighted by Crippen LogP contribution is -2.22. The van der Waals surface area contributed by atoms with Crippen LogP contribution in [0.15, 0.2) is 52.1 Å². The highest BCUT2D eigenvalue weighted by atomic mass is 79.9. The smallest absolute Gasteiger partial charge is 0.244 e. The molecule has 7 nitrogen and oxygen atoms in total. The van der Waals surface area contributed by atoms with Crippen molar-refractivity contribution in [1.29, 1.82) is 0 Å². The molecule has 0 saturated carbocycles. The molecular weight excluding hydrogens is 526 g/mol. The second kappa shape index (κ2) is 11.5. The first kappa shape index (κ1) is 25.0. The number of hydrogen-bond donors (Lipinski definition) is 2. The van der Waals surface area contributed by atoms with Gasteiger partial charge in [-0.1, -0.05) is 57.5 Å². The topological polar surface area (TPSA) is 88.9 Å². The molecule has 2 amide bonds. The molecule has 10 heteroatoms. The first-order valence-corrected chi connectivity index (χ1v) is 12.2.